The predicted octanol–water partition coefficient (Wildman–Crippen LogP) is 5.21. The van der Waals surface area contributed by atoms with Crippen LogP contribution in [-0.4, -0.2) is 36.6 Å². The monoisotopic (exact) mass is 477 g/mol. The molecular weight excluding hydrogens is 450 g/mol. The number of rotatable bonds is 5. The maximum atomic E-state index is 13.6. The molecular formula is C31H27NO4. The number of allylic oxidation sites excluding steroid dienone is 2. The third-order valence-electron chi connectivity index (χ3n) is 8.19. The van der Waals surface area contributed by atoms with Gasteiger partial charge in [-0.3, -0.25) is 4.79 Å². The number of benzene rings is 3. The van der Waals surface area contributed by atoms with Crippen molar-refractivity contribution in [3.8, 4) is 11.5 Å². The number of carbonyl (C=O) groups is 1. The van der Waals surface area contributed by atoms with Gasteiger partial charge in [-0.15, -0.1) is 0 Å². The topological polar surface area (TPSA) is 48.0 Å². The summed E-state index contributed by atoms with van der Waals surface area (Å²) in [4.78, 5) is 15.6. The molecule has 36 heavy (non-hydrogen) atoms. The number of carbonyl (C=O) groups excluding carboxylic acids is 1. The highest BCUT2D eigenvalue weighted by atomic mass is 16.6. The van der Waals surface area contributed by atoms with Crippen LogP contribution in [0.15, 0.2) is 96.3 Å². The lowest BCUT2D eigenvalue weighted by atomic mass is 9.57. The molecule has 0 radical (unpaired) electrons. The third kappa shape index (κ3) is 2.92. The Hall–Kier alpha value is -3.99. The fourth-order valence-electron chi connectivity index (χ4n) is 6.61. The second-order valence-corrected chi connectivity index (χ2v) is 9.90. The van der Waals surface area contributed by atoms with E-state index in [1.54, 1.807) is 7.11 Å². The predicted molar refractivity (Wildman–Crippen MR) is 136 cm³/mol. The molecule has 2 aliphatic carbocycles. The molecule has 0 N–H and O–H groups in total. The van der Waals surface area contributed by atoms with Gasteiger partial charge in [-0.25, -0.2) is 0 Å². The molecule has 4 aliphatic rings. The van der Waals surface area contributed by atoms with Gasteiger partial charge in [0.25, 0.3) is 5.91 Å². The Morgan fingerprint density at radius 3 is 2.58 bits per heavy atom. The largest absolute Gasteiger partial charge is 0.497 e. The Morgan fingerprint density at radius 2 is 1.81 bits per heavy atom. The van der Waals surface area contributed by atoms with Crippen LogP contribution in [0, 0.1) is 0 Å². The summed E-state index contributed by atoms with van der Waals surface area (Å²) in [6.45, 7) is 1.14. The minimum absolute atomic E-state index is 0.0123. The van der Waals surface area contributed by atoms with Gasteiger partial charge in [-0.1, -0.05) is 60.7 Å². The van der Waals surface area contributed by atoms with Gasteiger partial charge in [0.1, 0.15) is 12.4 Å². The number of hydrogen-bond donors (Lipinski definition) is 0. The molecule has 3 aromatic carbocycles. The fraction of sp³-hybridized carbons (Fsp3) is 0.258. The second kappa shape index (κ2) is 8.02. The summed E-state index contributed by atoms with van der Waals surface area (Å²) in [5.41, 5.74) is 5.19. The van der Waals surface area contributed by atoms with E-state index in [-0.39, 0.29) is 23.5 Å². The van der Waals surface area contributed by atoms with Crippen molar-refractivity contribution in [1.29, 1.82) is 0 Å². The molecule has 5 heteroatoms. The Bertz CT molecular complexity index is 1410. The molecule has 2 heterocycles. The molecule has 3 aromatic rings. The number of hydrogen-bond acceptors (Lipinski definition) is 4. The molecule has 0 saturated carbocycles. The van der Waals surface area contributed by atoms with Gasteiger partial charge in [-0.2, -0.15) is 0 Å². The van der Waals surface area contributed by atoms with Gasteiger partial charge in [-0.05, 0) is 53.8 Å². The lowest BCUT2D eigenvalue weighted by molar-refractivity contribution is 0.0467. The first kappa shape index (κ1) is 21.3. The Morgan fingerprint density at radius 1 is 1.03 bits per heavy atom. The fourth-order valence-corrected chi connectivity index (χ4v) is 6.61. The normalized spacial score (nSPS) is 24.8. The Kier molecular flexibility index (Phi) is 4.75. The van der Waals surface area contributed by atoms with E-state index >= 15 is 0 Å². The molecule has 2 aliphatic heterocycles. The lowest BCUT2D eigenvalue weighted by Crippen LogP contribution is -2.60. The van der Waals surface area contributed by atoms with Crippen molar-refractivity contribution in [2.24, 2.45) is 0 Å². The van der Waals surface area contributed by atoms with Crippen LogP contribution in [0.3, 0.4) is 0 Å². The number of ether oxygens (including phenoxy) is 3. The van der Waals surface area contributed by atoms with Crippen LogP contribution in [0.1, 0.15) is 33.5 Å². The van der Waals surface area contributed by atoms with E-state index in [1.165, 1.54) is 16.7 Å². The van der Waals surface area contributed by atoms with Crippen molar-refractivity contribution in [1.82, 2.24) is 4.90 Å². The van der Waals surface area contributed by atoms with E-state index in [9.17, 15) is 4.79 Å². The first-order chi connectivity index (χ1) is 17.7. The zero-order valence-corrected chi connectivity index (χ0v) is 20.1. The van der Waals surface area contributed by atoms with Crippen LogP contribution in [-0.2, 0) is 23.2 Å². The van der Waals surface area contributed by atoms with Gasteiger partial charge in [0, 0.05) is 17.7 Å². The van der Waals surface area contributed by atoms with Gasteiger partial charge < -0.3 is 19.1 Å². The number of piperidine rings is 1. The zero-order valence-electron chi connectivity index (χ0n) is 20.1. The molecule has 3 atom stereocenters. The van der Waals surface area contributed by atoms with Crippen molar-refractivity contribution in [3.63, 3.8) is 0 Å². The first-order valence-electron chi connectivity index (χ1n) is 12.5. The summed E-state index contributed by atoms with van der Waals surface area (Å²) >= 11 is 0. The average Bonchev–Trinajstić information content (AvgIpc) is 3.28. The van der Waals surface area contributed by atoms with E-state index < -0.39 is 0 Å². The summed E-state index contributed by atoms with van der Waals surface area (Å²) in [6, 6.07) is 23.9. The second-order valence-electron chi connectivity index (χ2n) is 9.90. The summed E-state index contributed by atoms with van der Waals surface area (Å²) in [7, 11) is 1.70. The van der Waals surface area contributed by atoms with Crippen LogP contribution in [0.5, 0.6) is 11.5 Å². The minimum atomic E-state index is -0.340. The highest BCUT2D eigenvalue weighted by Crippen LogP contribution is 2.62. The van der Waals surface area contributed by atoms with Crippen molar-refractivity contribution in [2.45, 2.75) is 37.0 Å². The summed E-state index contributed by atoms with van der Waals surface area (Å²) < 4.78 is 18.8. The highest BCUT2D eigenvalue weighted by Gasteiger charge is 2.63. The maximum absolute atomic E-state index is 13.6. The molecule has 5 nitrogen and oxygen atoms in total. The van der Waals surface area contributed by atoms with Gasteiger partial charge in [0.15, 0.2) is 17.6 Å². The molecule has 0 aromatic heterocycles. The summed E-state index contributed by atoms with van der Waals surface area (Å²) in [5.74, 6) is 2.49. The number of methoxy groups -OCH3 is 1. The molecule has 180 valence electrons. The highest BCUT2D eigenvalue weighted by molar-refractivity contribution is 5.95. The smallest absolute Gasteiger partial charge is 0.254 e. The van der Waals surface area contributed by atoms with E-state index in [2.05, 4.69) is 29.2 Å². The van der Waals surface area contributed by atoms with Crippen molar-refractivity contribution in [2.75, 3.05) is 13.7 Å². The third-order valence-corrected chi connectivity index (χ3v) is 8.19. The maximum Gasteiger partial charge on any atom is 0.254 e. The van der Waals surface area contributed by atoms with Crippen molar-refractivity contribution in [3.05, 3.63) is 119 Å². The van der Waals surface area contributed by atoms with Crippen LogP contribution >= 0.6 is 0 Å². The van der Waals surface area contributed by atoms with E-state index in [0.29, 0.717) is 13.2 Å². The Balaban J connectivity index is 1.31. The molecule has 1 saturated heterocycles. The van der Waals surface area contributed by atoms with Crippen molar-refractivity contribution >= 4 is 5.91 Å². The lowest BCUT2D eigenvalue weighted by Gasteiger charge is -2.53. The Labute approximate surface area is 210 Å². The first-order valence-corrected chi connectivity index (χ1v) is 12.5. The van der Waals surface area contributed by atoms with Crippen LogP contribution in [0.4, 0.5) is 0 Å². The number of nitrogens with zero attached hydrogens (tertiary/aromatic N) is 1. The van der Waals surface area contributed by atoms with Crippen LogP contribution in [0.2, 0.25) is 0 Å². The van der Waals surface area contributed by atoms with E-state index in [4.69, 9.17) is 14.2 Å². The van der Waals surface area contributed by atoms with Gasteiger partial charge in [0.05, 0.1) is 18.6 Å². The SMILES string of the molecule is COC1=CC=C2C3Cc4ccc(OCc5ccccc5)c5c4[C@@]2(CCN3C(=O)c2ccccc2)C1O5. The molecule has 2 unspecified atom stereocenters. The quantitative estimate of drug-likeness (QED) is 0.507. The number of likely N-dealkylation sites (tertiary alicyclic amines) is 1. The summed E-state index contributed by atoms with van der Waals surface area (Å²) in [5, 5.41) is 0. The standard InChI is InChI=1S/C31H27NO4/c1-34-26-15-13-23-24-18-22-12-14-25(35-19-20-8-4-2-5-9-20)28-27(22)31(23,29(26)36-28)16-17-32(24)30(33)21-10-6-3-7-11-21/h2-15,24,29H,16-19H2,1H3/t24?,29?,31-/m0/s1. The molecule has 7 rings (SSSR count). The minimum Gasteiger partial charge on any atom is -0.497 e. The van der Waals surface area contributed by atoms with Crippen LogP contribution < -0.4 is 9.47 Å². The van der Waals surface area contributed by atoms with Gasteiger partial charge in [0.2, 0.25) is 0 Å². The molecule has 1 spiro atoms. The van der Waals surface area contributed by atoms with E-state index in [0.717, 1.165) is 41.2 Å². The number of amides is 1. The van der Waals surface area contributed by atoms with Gasteiger partial charge >= 0.3 is 0 Å². The molecule has 1 fully saturated rings. The summed E-state index contributed by atoms with van der Waals surface area (Å²) in [6.07, 6.45) is 5.47. The molecule has 2 bridgehead atoms. The van der Waals surface area contributed by atoms with Crippen LogP contribution in [0.25, 0.3) is 0 Å². The molecule has 1 amide bonds. The zero-order chi connectivity index (χ0) is 24.3. The van der Waals surface area contributed by atoms with Crippen molar-refractivity contribution < 1.29 is 19.0 Å². The van der Waals surface area contributed by atoms with E-state index in [1.807, 2.05) is 60.7 Å². The average molecular weight is 478 g/mol.